The number of para-hydroxylation sites is 1. The zero-order chi connectivity index (χ0) is 20.8. The van der Waals surface area contributed by atoms with Gasteiger partial charge in [0.15, 0.2) is 0 Å². The highest BCUT2D eigenvalue weighted by molar-refractivity contribution is 6.39. The molecule has 0 atom stereocenters. The molecule has 1 N–H and O–H groups in total. The second-order valence-electron chi connectivity index (χ2n) is 6.63. The summed E-state index contributed by atoms with van der Waals surface area (Å²) in [5, 5.41) is 3.35. The molecule has 0 saturated carbocycles. The normalized spacial score (nSPS) is 10.4. The third-order valence-corrected chi connectivity index (χ3v) is 5.08. The smallest absolute Gasteiger partial charge is 0.244 e. The van der Waals surface area contributed by atoms with Crippen LogP contribution in [0.4, 0.5) is 5.69 Å². The van der Waals surface area contributed by atoms with E-state index in [2.05, 4.69) is 5.32 Å². The molecule has 0 aliphatic rings. The minimum Gasteiger partial charge on any atom is -0.336 e. The van der Waals surface area contributed by atoms with E-state index in [1.54, 1.807) is 25.2 Å². The van der Waals surface area contributed by atoms with Crippen molar-refractivity contribution < 1.29 is 9.59 Å². The van der Waals surface area contributed by atoms with Crippen LogP contribution in [-0.4, -0.2) is 30.3 Å². The number of halogens is 2. The fourth-order valence-corrected chi connectivity index (χ4v) is 3.35. The Balaban J connectivity index is 1.57. The van der Waals surface area contributed by atoms with Crippen LogP contribution in [0.5, 0.6) is 0 Å². The average Bonchev–Trinajstić information content (AvgIpc) is 2.72. The number of rotatable bonds is 6. The molecule has 0 saturated heterocycles. The second-order valence-corrected chi connectivity index (χ2v) is 7.45. The number of anilines is 1. The number of benzene rings is 3. The van der Waals surface area contributed by atoms with Crippen molar-refractivity contribution in [3.05, 3.63) is 88.4 Å². The molecule has 3 aromatic carbocycles. The maximum atomic E-state index is 12.5. The summed E-state index contributed by atoms with van der Waals surface area (Å²) in [6.45, 7) is -0.0948. The first kappa shape index (κ1) is 20.9. The summed E-state index contributed by atoms with van der Waals surface area (Å²) in [7, 11) is 1.59. The average molecular weight is 427 g/mol. The van der Waals surface area contributed by atoms with Gasteiger partial charge in [-0.2, -0.15) is 0 Å². The molecule has 3 rings (SSSR count). The molecule has 0 aliphatic carbocycles. The topological polar surface area (TPSA) is 49.4 Å². The summed E-state index contributed by atoms with van der Waals surface area (Å²) in [4.78, 5) is 26.1. The van der Waals surface area contributed by atoms with Gasteiger partial charge in [0.25, 0.3) is 0 Å². The fraction of sp³-hybridized carbons (Fsp3) is 0.130. The van der Waals surface area contributed by atoms with Crippen molar-refractivity contribution in [2.75, 3.05) is 18.9 Å². The molecule has 0 bridgehead atoms. The lowest BCUT2D eigenvalue weighted by Crippen LogP contribution is -2.35. The molecule has 29 heavy (non-hydrogen) atoms. The third kappa shape index (κ3) is 5.59. The highest BCUT2D eigenvalue weighted by atomic mass is 35.5. The van der Waals surface area contributed by atoms with Gasteiger partial charge in [-0.3, -0.25) is 9.59 Å². The van der Waals surface area contributed by atoms with Crippen LogP contribution in [0.3, 0.4) is 0 Å². The number of hydrogen-bond donors (Lipinski definition) is 1. The maximum absolute atomic E-state index is 12.5. The first-order valence-electron chi connectivity index (χ1n) is 9.06. The van der Waals surface area contributed by atoms with Crippen molar-refractivity contribution in [2.24, 2.45) is 0 Å². The van der Waals surface area contributed by atoms with Gasteiger partial charge in [-0.25, -0.2) is 0 Å². The second kappa shape index (κ2) is 9.59. The van der Waals surface area contributed by atoms with Gasteiger partial charge in [0, 0.05) is 7.05 Å². The van der Waals surface area contributed by atoms with E-state index in [1.165, 1.54) is 4.90 Å². The van der Waals surface area contributed by atoms with E-state index in [1.807, 2.05) is 54.6 Å². The predicted molar refractivity (Wildman–Crippen MR) is 118 cm³/mol. The molecule has 2 amide bonds. The minimum absolute atomic E-state index is 0.0948. The molecule has 0 aromatic heterocycles. The van der Waals surface area contributed by atoms with Crippen LogP contribution in [0, 0.1) is 0 Å². The van der Waals surface area contributed by atoms with Crippen molar-refractivity contribution in [3.8, 4) is 11.1 Å². The molecule has 0 spiro atoms. The van der Waals surface area contributed by atoms with E-state index in [0.29, 0.717) is 15.7 Å². The lowest BCUT2D eigenvalue weighted by atomic mass is 10.0. The standard InChI is InChI=1S/C23H20Cl2N2O2/c1-27(15-21(28)26-23-19(24)8-5-9-20(23)25)22(29)14-16-10-12-18(13-11-16)17-6-3-2-4-7-17/h2-13H,14-15H2,1H3,(H,26,28). The van der Waals surface area contributed by atoms with Gasteiger partial charge in [-0.15, -0.1) is 0 Å². The quantitative estimate of drug-likeness (QED) is 0.581. The number of amides is 2. The third-order valence-electron chi connectivity index (χ3n) is 4.45. The van der Waals surface area contributed by atoms with Gasteiger partial charge in [-0.05, 0) is 28.8 Å². The molecule has 0 unspecified atom stereocenters. The molecular formula is C23H20Cl2N2O2. The highest BCUT2D eigenvalue weighted by Crippen LogP contribution is 2.29. The number of nitrogens with one attached hydrogen (secondary N) is 1. The van der Waals surface area contributed by atoms with Crippen molar-refractivity contribution in [1.29, 1.82) is 0 Å². The first-order valence-corrected chi connectivity index (χ1v) is 9.82. The molecule has 148 valence electrons. The van der Waals surface area contributed by atoms with Crippen molar-refractivity contribution in [2.45, 2.75) is 6.42 Å². The van der Waals surface area contributed by atoms with E-state index >= 15 is 0 Å². The zero-order valence-electron chi connectivity index (χ0n) is 15.9. The van der Waals surface area contributed by atoms with Gasteiger partial charge in [-0.1, -0.05) is 83.9 Å². The largest absolute Gasteiger partial charge is 0.336 e. The number of nitrogens with zero attached hydrogens (tertiary/aromatic N) is 1. The Morgan fingerprint density at radius 1 is 0.828 bits per heavy atom. The van der Waals surface area contributed by atoms with Gasteiger partial charge in [0.2, 0.25) is 11.8 Å². The van der Waals surface area contributed by atoms with Gasteiger partial charge in [0.05, 0.1) is 28.7 Å². The zero-order valence-corrected chi connectivity index (χ0v) is 17.4. The van der Waals surface area contributed by atoms with E-state index in [-0.39, 0.29) is 24.8 Å². The summed E-state index contributed by atoms with van der Waals surface area (Å²) in [5.41, 5.74) is 3.44. The molecular weight excluding hydrogens is 407 g/mol. The number of hydrogen-bond acceptors (Lipinski definition) is 2. The molecule has 0 fully saturated rings. The molecule has 0 heterocycles. The van der Waals surface area contributed by atoms with Crippen LogP contribution >= 0.6 is 23.2 Å². The summed E-state index contributed by atoms with van der Waals surface area (Å²) < 4.78 is 0. The lowest BCUT2D eigenvalue weighted by Gasteiger charge is -2.17. The summed E-state index contributed by atoms with van der Waals surface area (Å²) >= 11 is 12.1. The maximum Gasteiger partial charge on any atom is 0.244 e. The molecule has 0 radical (unpaired) electrons. The van der Waals surface area contributed by atoms with Crippen LogP contribution in [0.1, 0.15) is 5.56 Å². The Bertz CT molecular complexity index is 985. The lowest BCUT2D eigenvalue weighted by molar-refractivity contribution is -0.132. The van der Waals surface area contributed by atoms with Crippen LogP contribution in [0.15, 0.2) is 72.8 Å². The fourth-order valence-electron chi connectivity index (χ4n) is 2.85. The van der Waals surface area contributed by atoms with E-state index in [9.17, 15) is 9.59 Å². The van der Waals surface area contributed by atoms with E-state index in [0.717, 1.165) is 16.7 Å². The van der Waals surface area contributed by atoms with Gasteiger partial charge in [0.1, 0.15) is 0 Å². The van der Waals surface area contributed by atoms with E-state index < -0.39 is 0 Å². The monoisotopic (exact) mass is 426 g/mol. The Morgan fingerprint density at radius 2 is 1.41 bits per heavy atom. The molecule has 3 aromatic rings. The van der Waals surface area contributed by atoms with Crippen LogP contribution in [-0.2, 0) is 16.0 Å². The number of carbonyl (C=O) groups is 2. The summed E-state index contributed by atoms with van der Waals surface area (Å²) in [5.74, 6) is -0.520. The Kier molecular flexibility index (Phi) is 6.91. The Morgan fingerprint density at radius 3 is 2.03 bits per heavy atom. The van der Waals surface area contributed by atoms with Crippen LogP contribution in [0.2, 0.25) is 10.0 Å². The number of likely N-dealkylation sites (N-methyl/N-ethyl adjacent to an activating group) is 1. The number of carbonyl (C=O) groups excluding carboxylic acids is 2. The molecule has 6 heteroatoms. The van der Waals surface area contributed by atoms with Gasteiger partial charge >= 0.3 is 0 Å². The molecule has 4 nitrogen and oxygen atoms in total. The SMILES string of the molecule is CN(CC(=O)Nc1c(Cl)cccc1Cl)C(=O)Cc1ccc(-c2ccccc2)cc1. The minimum atomic E-state index is -0.365. The molecule has 0 aliphatic heterocycles. The highest BCUT2D eigenvalue weighted by Gasteiger charge is 2.16. The Hall–Kier alpha value is -2.82. The summed E-state index contributed by atoms with van der Waals surface area (Å²) in [6, 6.07) is 22.8. The van der Waals surface area contributed by atoms with Crippen LogP contribution in [0.25, 0.3) is 11.1 Å². The Labute approximate surface area is 180 Å². The predicted octanol–water partition coefficient (Wildman–Crippen LogP) is 5.30. The van der Waals surface area contributed by atoms with Crippen LogP contribution < -0.4 is 5.32 Å². The summed E-state index contributed by atoms with van der Waals surface area (Å²) in [6.07, 6.45) is 0.214. The van der Waals surface area contributed by atoms with Crippen molar-refractivity contribution in [3.63, 3.8) is 0 Å². The first-order chi connectivity index (χ1) is 13.9. The van der Waals surface area contributed by atoms with Gasteiger partial charge < -0.3 is 10.2 Å². The van der Waals surface area contributed by atoms with E-state index in [4.69, 9.17) is 23.2 Å². The van der Waals surface area contributed by atoms with Crippen molar-refractivity contribution in [1.82, 2.24) is 4.90 Å². The van der Waals surface area contributed by atoms with Crippen molar-refractivity contribution >= 4 is 40.7 Å².